The maximum absolute atomic E-state index is 11.2. The quantitative estimate of drug-likeness (QED) is 0.646. The van der Waals surface area contributed by atoms with Gasteiger partial charge in [-0.05, 0) is 13.3 Å². The minimum absolute atomic E-state index is 0.243. The average Bonchev–Trinajstić information content (AvgIpc) is 2.27. The van der Waals surface area contributed by atoms with E-state index < -0.39 is 5.97 Å². The molecule has 1 rings (SSSR count). The van der Waals surface area contributed by atoms with Crippen LogP contribution >= 0.6 is 11.8 Å². The number of carboxylic acid groups (broad SMARTS) is 1. The molecule has 1 atom stereocenters. The number of hydrogen-bond donors (Lipinski definition) is 1. The fourth-order valence-corrected chi connectivity index (χ4v) is 2.42. The number of carbonyl (C=O) groups is 1. The van der Waals surface area contributed by atoms with Gasteiger partial charge in [0.15, 0.2) is 0 Å². The third-order valence-electron chi connectivity index (χ3n) is 2.52. The summed E-state index contributed by atoms with van der Waals surface area (Å²) in [5, 5.41) is 10.1. The first-order valence-corrected chi connectivity index (χ1v) is 6.65. The van der Waals surface area contributed by atoms with E-state index in [1.807, 2.05) is 6.92 Å². The Bertz CT molecular complexity index is 421. The van der Waals surface area contributed by atoms with Crippen LogP contribution in [-0.2, 0) is 6.42 Å². The van der Waals surface area contributed by atoms with Gasteiger partial charge in [-0.15, -0.1) is 11.8 Å². The summed E-state index contributed by atoms with van der Waals surface area (Å²) in [6.45, 7) is 7.84. The van der Waals surface area contributed by atoms with Crippen molar-refractivity contribution < 1.29 is 9.90 Å². The molecule has 0 fully saturated rings. The smallest absolute Gasteiger partial charge is 0.340 e. The van der Waals surface area contributed by atoms with Crippen LogP contribution in [0.5, 0.6) is 0 Å². The number of carboxylic acids is 1. The summed E-state index contributed by atoms with van der Waals surface area (Å²) in [5.41, 5.74) is 0.794. The number of aromatic carboxylic acids is 1. The number of thioether (sulfide) groups is 1. The lowest BCUT2D eigenvalue weighted by molar-refractivity contribution is 0.0690. The third kappa shape index (κ3) is 3.43. The van der Waals surface area contributed by atoms with Gasteiger partial charge in [0.2, 0.25) is 0 Å². The van der Waals surface area contributed by atoms with E-state index in [0.717, 1.165) is 12.8 Å². The molecular weight excluding hydrogens is 236 g/mol. The fourth-order valence-electron chi connectivity index (χ4n) is 1.37. The molecule has 1 heterocycles. The summed E-state index contributed by atoms with van der Waals surface area (Å²) < 4.78 is 0. The number of aryl methyl sites for hydroxylation is 2. The summed E-state index contributed by atoms with van der Waals surface area (Å²) in [6, 6.07) is 0. The van der Waals surface area contributed by atoms with Gasteiger partial charge in [0.05, 0.1) is 5.69 Å². The van der Waals surface area contributed by atoms with E-state index in [1.54, 1.807) is 6.92 Å². The highest BCUT2D eigenvalue weighted by molar-refractivity contribution is 7.99. The van der Waals surface area contributed by atoms with Crippen LogP contribution in [0.25, 0.3) is 0 Å². The molecule has 17 heavy (non-hydrogen) atoms. The third-order valence-corrected chi connectivity index (χ3v) is 3.78. The van der Waals surface area contributed by atoms with E-state index in [2.05, 4.69) is 23.8 Å². The molecule has 0 aliphatic carbocycles. The highest BCUT2D eigenvalue weighted by Crippen LogP contribution is 2.28. The lowest BCUT2D eigenvalue weighted by Gasteiger charge is -2.12. The van der Waals surface area contributed by atoms with Crippen LogP contribution in [0.1, 0.15) is 49.1 Å². The van der Waals surface area contributed by atoms with Gasteiger partial charge < -0.3 is 5.11 Å². The maximum Gasteiger partial charge on any atom is 0.340 e. The molecule has 0 bridgehead atoms. The molecule has 1 unspecified atom stereocenters. The van der Waals surface area contributed by atoms with Crippen LogP contribution in [0.4, 0.5) is 0 Å². The van der Waals surface area contributed by atoms with E-state index in [1.165, 1.54) is 11.8 Å². The second-order valence-corrected chi connectivity index (χ2v) is 5.33. The van der Waals surface area contributed by atoms with Crippen molar-refractivity contribution in [2.45, 2.75) is 50.8 Å². The van der Waals surface area contributed by atoms with Gasteiger partial charge in [0.25, 0.3) is 0 Å². The molecule has 4 nitrogen and oxygen atoms in total. The highest BCUT2D eigenvalue weighted by atomic mass is 32.2. The Morgan fingerprint density at radius 2 is 2.06 bits per heavy atom. The topological polar surface area (TPSA) is 63.1 Å². The Balaban J connectivity index is 3.22. The van der Waals surface area contributed by atoms with Crippen LogP contribution in [0.3, 0.4) is 0 Å². The van der Waals surface area contributed by atoms with Gasteiger partial charge in [-0.1, -0.05) is 20.8 Å². The second kappa shape index (κ2) is 6.00. The van der Waals surface area contributed by atoms with Crippen molar-refractivity contribution in [1.82, 2.24) is 9.97 Å². The Morgan fingerprint density at radius 3 is 2.53 bits per heavy atom. The van der Waals surface area contributed by atoms with Crippen molar-refractivity contribution in [1.29, 1.82) is 0 Å². The zero-order chi connectivity index (χ0) is 13.0. The molecule has 0 saturated carbocycles. The van der Waals surface area contributed by atoms with Crippen LogP contribution < -0.4 is 0 Å². The summed E-state index contributed by atoms with van der Waals surface area (Å²) in [6.07, 6.45) is 1.70. The van der Waals surface area contributed by atoms with E-state index in [9.17, 15) is 9.90 Å². The molecule has 0 radical (unpaired) electrons. The number of aromatic nitrogens is 2. The van der Waals surface area contributed by atoms with Crippen molar-refractivity contribution in [2.75, 3.05) is 0 Å². The molecule has 0 saturated heterocycles. The predicted molar refractivity (Wildman–Crippen MR) is 68.7 cm³/mol. The van der Waals surface area contributed by atoms with Gasteiger partial charge in [-0.2, -0.15) is 0 Å². The van der Waals surface area contributed by atoms with Crippen molar-refractivity contribution >= 4 is 17.7 Å². The van der Waals surface area contributed by atoms with Crippen LogP contribution in [0, 0.1) is 6.92 Å². The van der Waals surface area contributed by atoms with E-state index in [-0.39, 0.29) is 5.56 Å². The SMILES string of the molecule is CCc1nc(C)c(C(=O)O)c(SC(C)CC)n1. The number of nitrogens with zero attached hydrogens (tertiary/aromatic N) is 2. The van der Waals surface area contributed by atoms with Gasteiger partial charge in [-0.25, -0.2) is 14.8 Å². The summed E-state index contributed by atoms with van der Waals surface area (Å²) in [5.74, 6) is -0.241. The minimum atomic E-state index is -0.948. The first-order valence-electron chi connectivity index (χ1n) is 5.77. The lowest BCUT2D eigenvalue weighted by atomic mass is 10.2. The Labute approximate surface area is 106 Å². The van der Waals surface area contributed by atoms with E-state index in [0.29, 0.717) is 21.8 Å². The maximum atomic E-state index is 11.2. The fraction of sp³-hybridized carbons (Fsp3) is 0.583. The average molecular weight is 254 g/mol. The Morgan fingerprint density at radius 1 is 1.41 bits per heavy atom. The lowest BCUT2D eigenvalue weighted by Crippen LogP contribution is -2.10. The van der Waals surface area contributed by atoms with Crippen LogP contribution in [0.2, 0.25) is 0 Å². The van der Waals surface area contributed by atoms with Gasteiger partial charge in [0, 0.05) is 11.7 Å². The first kappa shape index (κ1) is 14.0. The molecule has 0 aromatic carbocycles. The number of hydrogen-bond acceptors (Lipinski definition) is 4. The molecule has 5 heteroatoms. The molecule has 0 aliphatic heterocycles. The van der Waals surface area contributed by atoms with Gasteiger partial charge in [-0.3, -0.25) is 0 Å². The van der Waals surface area contributed by atoms with Crippen molar-refractivity contribution in [3.8, 4) is 0 Å². The zero-order valence-corrected chi connectivity index (χ0v) is 11.5. The van der Waals surface area contributed by atoms with Gasteiger partial charge >= 0.3 is 5.97 Å². The van der Waals surface area contributed by atoms with Crippen molar-refractivity contribution in [2.24, 2.45) is 0 Å². The van der Waals surface area contributed by atoms with Crippen molar-refractivity contribution in [3.63, 3.8) is 0 Å². The summed E-state index contributed by atoms with van der Waals surface area (Å²) >= 11 is 1.51. The van der Waals surface area contributed by atoms with Crippen LogP contribution in [-0.4, -0.2) is 26.3 Å². The molecule has 1 N–H and O–H groups in total. The standard InChI is InChI=1S/C12H18N2O2S/c1-5-7(3)17-11-10(12(15)16)8(4)13-9(6-2)14-11/h7H,5-6H2,1-4H3,(H,15,16). The molecule has 1 aromatic heterocycles. The van der Waals surface area contributed by atoms with E-state index in [4.69, 9.17) is 0 Å². The van der Waals surface area contributed by atoms with Crippen molar-refractivity contribution in [3.05, 3.63) is 17.1 Å². The largest absolute Gasteiger partial charge is 0.478 e. The number of rotatable bonds is 5. The Kier molecular flexibility index (Phi) is 4.93. The minimum Gasteiger partial charge on any atom is -0.478 e. The molecule has 94 valence electrons. The predicted octanol–water partition coefficient (Wildman–Crippen LogP) is 2.94. The summed E-state index contributed by atoms with van der Waals surface area (Å²) in [7, 11) is 0. The first-order chi connectivity index (χ1) is 7.99. The molecule has 0 aliphatic rings. The normalized spacial score (nSPS) is 12.5. The van der Waals surface area contributed by atoms with E-state index >= 15 is 0 Å². The summed E-state index contributed by atoms with van der Waals surface area (Å²) in [4.78, 5) is 19.8. The second-order valence-electron chi connectivity index (χ2n) is 3.90. The zero-order valence-electron chi connectivity index (χ0n) is 10.6. The Hall–Kier alpha value is -1.10. The molecular formula is C12H18N2O2S. The van der Waals surface area contributed by atoms with Gasteiger partial charge in [0.1, 0.15) is 16.4 Å². The molecule has 0 spiro atoms. The molecule has 0 amide bonds. The monoisotopic (exact) mass is 254 g/mol. The highest BCUT2D eigenvalue weighted by Gasteiger charge is 2.19. The molecule has 1 aromatic rings. The van der Waals surface area contributed by atoms with Crippen LogP contribution in [0.15, 0.2) is 5.03 Å².